The van der Waals surface area contributed by atoms with Gasteiger partial charge >= 0.3 is 5.97 Å². The van der Waals surface area contributed by atoms with Crippen molar-refractivity contribution in [3.05, 3.63) is 35.6 Å². The second-order valence-electron chi connectivity index (χ2n) is 3.82. The zero-order valence-corrected chi connectivity index (χ0v) is 9.24. The molecule has 0 aliphatic rings. The first-order valence-corrected chi connectivity index (χ1v) is 5.27. The van der Waals surface area contributed by atoms with Gasteiger partial charge in [0.05, 0.1) is 5.92 Å². The SMILES string of the molecule is CC(CNCCc1cccc(F)c1)C(=O)O. The van der Waals surface area contributed by atoms with Gasteiger partial charge in [0, 0.05) is 6.54 Å². The standard InChI is InChI=1S/C12H16FNO2/c1-9(12(15)16)8-14-6-5-10-3-2-4-11(13)7-10/h2-4,7,9,14H,5-6,8H2,1H3,(H,15,16). The van der Waals surface area contributed by atoms with E-state index in [2.05, 4.69) is 5.32 Å². The van der Waals surface area contributed by atoms with Crippen LogP contribution < -0.4 is 5.32 Å². The Morgan fingerprint density at radius 3 is 2.94 bits per heavy atom. The quantitative estimate of drug-likeness (QED) is 0.724. The fraction of sp³-hybridized carbons (Fsp3) is 0.417. The highest BCUT2D eigenvalue weighted by atomic mass is 19.1. The van der Waals surface area contributed by atoms with Crippen molar-refractivity contribution >= 4 is 5.97 Å². The monoisotopic (exact) mass is 225 g/mol. The van der Waals surface area contributed by atoms with Crippen LogP contribution in [-0.2, 0) is 11.2 Å². The van der Waals surface area contributed by atoms with Crippen LogP contribution in [0, 0.1) is 11.7 Å². The molecule has 0 spiro atoms. The van der Waals surface area contributed by atoms with Gasteiger partial charge in [-0.1, -0.05) is 19.1 Å². The summed E-state index contributed by atoms with van der Waals surface area (Å²) < 4.78 is 12.8. The first-order valence-electron chi connectivity index (χ1n) is 5.27. The first-order chi connectivity index (χ1) is 7.59. The second kappa shape index (κ2) is 6.23. The molecule has 0 heterocycles. The molecule has 3 nitrogen and oxygen atoms in total. The maximum absolute atomic E-state index is 12.8. The van der Waals surface area contributed by atoms with Crippen LogP contribution in [0.25, 0.3) is 0 Å². The van der Waals surface area contributed by atoms with Crippen LogP contribution in [0.3, 0.4) is 0 Å². The number of carboxylic acid groups (broad SMARTS) is 1. The molecular formula is C12H16FNO2. The number of aliphatic carboxylic acids is 1. The fourth-order valence-corrected chi connectivity index (χ4v) is 1.33. The number of halogens is 1. The Morgan fingerprint density at radius 1 is 1.56 bits per heavy atom. The summed E-state index contributed by atoms with van der Waals surface area (Å²) in [4.78, 5) is 10.5. The Hall–Kier alpha value is -1.42. The second-order valence-corrected chi connectivity index (χ2v) is 3.82. The largest absolute Gasteiger partial charge is 0.481 e. The number of hydrogen-bond donors (Lipinski definition) is 2. The molecule has 0 aliphatic carbocycles. The van der Waals surface area contributed by atoms with Crippen LogP contribution in [0.1, 0.15) is 12.5 Å². The van der Waals surface area contributed by atoms with Crippen molar-refractivity contribution in [1.29, 1.82) is 0 Å². The maximum atomic E-state index is 12.8. The Labute approximate surface area is 94.3 Å². The van der Waals surface area contributed by atoms with Gasteiger partial charge in [-0.05, 0) is 30.7 Å². The highest BCUT2D eigenvalue weighted by Crippen LogP contribution is 2.03. The minimum absolute atomic E-state index is 0.239. The number of carboxylic acids is 1. The Bertz CT molecular complexity index is 355. The van der Waals surface area contributed by atoms with Gasteiger partial charge in [0.15, 0.2) is 0 Å². The summed E-state index contributed by atoms with van der Waals surface area (Å²) in [6.07, 6.45) is 0.699. The summed E-state index contributed by atoms with van der Waals surface area (Å²) in [5.74, 6) is -1.44. The summed E-state index contributed by atoms with van der Waals surface area (Å²) >= 11 is 0. The molecule has 0 saturated carbocycles. The van der Waals surface area contributed by atoms with Gasteiger partial charge < -0.3 is 10.4 Å². The minimum atomic E-state index is -0.807. The van der Waals surface area contributed by atoms with Crippen molar-refractivity contribution in [3.8, 4) is 0 Å². The number of hydrogen-bond acceptors (Lipinski definition) is 2. The van der Waals surface area contributed by atoms with Gasteiger partial charge in [0.1, 0.15) is 5.82 Å². The van der Waals surface area contributed by atoms with Gasteiger partial charge in [0.25, 0.3) is 0 Å². The average Bonchev–Trinajstić information content (AvgIpc) is 2.24. The number of benzene rings is 1. The van der Waals surface area contributed by atoms with E-state index < -0.39 is 11.9 Å². The fourth-order valence-electron chi connectivity index (χ4n) is 1.33. The third-order valence-corrected chi connectivity index (χ3v) is 2.35. The summed E-state index contributed by atoms with van der Waals surface area (Å²) in [7, 11) is 0. The number of nitrogens with one attached hydrogen (secondary N) is 1. The van der Waals surface area contributed by atoms with Crippen molar-refractivity contribution in [2.45, 2.75) is 13.3 Å². The molecule has 0 amide bonds. The van der Waals surface area contributed by atoms with E-state index in [1.165, 1.54) is 12.1 Å². The molecular weight excluding hydrogens is 209 g/mol. The van der Waals surface area contributed by atoms with E-state index in [1.54, 1.807) is 13.0 Å². The third-order valence-electron chi connectivity index (χ3n) is 2.35. The molecule has 16 heavy (non-hydrogen) atoms. The van der Waals surface area contributed by atoms with Crippen LogP contribution in [-0.4, -0.2) is 24.2 Å². The summed E-state index contributed by atoms with van der Waals surface area (Å²) in [5, 5.41) is 11.7. The normalized spacial score (nSPS) is 12.4. The van der Waals surface area contributed by atoms with Crippen molar-refractivity contribution in [2.75, 3.05) is 13.1 Å². The lowest BCUT2D eigenvalue weighted by Crippen LogP contribution is -2.27. The van der Waals surface area contributed by atoms with Crippen LogP contribution in [0.4, 0.5) is 4.39 Å². The van der Waals surface area contributed by atoms with Crippen LogP contribution in [0.5, 0.6) is 0 Å². The summed E-state index contributed by atoms with van der Waals surface area (Å²) in [6.45, 7) is 2.74. The lowest BCUT2D eigenvalue weighted by Gasteiger charge is -2.08. The molecule has 0 bridgehead atoms. The van der Waals surface area contributed by atoms with Gasteiger partial charge in [-0.15, -0.1) is 0 Å². The third kappa shape index (κ3) is 4.40. The molecule has 0 saturated heterocycles. The molecule has 1 unspecified atom stereocenters. The maximum Gasteiger partial charge on any atom is 0.307 e. The van der Waals surface area contributed by atoms with Crippen LogP contribution in [0.2, 0.25) is 0 Å². The lowest BCUT2D eigenvalue weighted by molar-refractivity contribution is -0.140. The minimum Gasteiger partial charge on any atom is -0.481 e. The predicted octanol–water partition coefficient (Wildman–Crippen LogP) is 1.68. The summed E-state index contributed by atoms with van der Waals surface area (Å²) in [5.41, 5.74) is 0.912. The van der Waals surface area contributed by atoms with E-state index in [4.69, 9.17) is 5.11 Å². The molecule has 1 atom stereocenters. The van der Waals surface area contributed by atoms with E-state index >= 15 is 0 Å². The van der Waals surface area contributed by atoms with Crippen molar-refractivity contribution < 1.29 is 14.3 Å². The molecule has 4 heteroatoms. The van der Waals surface area contributed by atoms with Crippen molar-refractivity contribution in [1.82, 2.24) is 5.32 Å². The highest BCUT2D eigenvalue weighted by molar-refractivity contribution is 5.69. The van der Waals surface area contributed by atoms with E-state index in [0.29, 0.717) is 19.5 Å². The zero-order chi connectivity index (χ0) is 12.0. The molecule has 1 aromatic carbocycles. The van der Waals surface area contributed by atoms with Crippen molar-refractivity contribution in [2.24, 2.45) is 5.92 Å². The molecule has 0 aromatic heterocycles. The molecule has 88 valence electrons. The van der Waals surface area contributed by atoms with Gasteiger partial charge in [-0.2, -0.15) is 0 Å². The lowest BCUT2D eigenvalue weighted by atomic mass is 10.1. The Balaban J connectivity index is 2.23. The topological polar surface area (TPSA) is 49.3 Å². The average molecular weight is 225 g/mol. The van der Waals surface area contributed by atoms with E-state index in [0.717, 1.165) is 5.56 Å². The number of rotatable bonds is 6. The zero-order valence-electron chi connectivity index (χ0n) is 9.24. The van der Waals surface area contributed by atoms with Crippen LogP contribution >= 0.6 is 0 Å². The van der Waals surface area contributed by atoms with Crippen molar-refractivity contribution in [3.63, 3.8) is 0 Å². The van der Waals surface area contributed by atoms with Crippen LogP contribution in [0.15, 0.2) is 24.3 Å². The van der Waals surface area contributed by atoms with Gasteiger partial charge in [-0.25, -0.2) is 4.39 Å². The number of carbonyl (C=O) groups is 1. The molecule has 1 aromatic rings. The smallest absolute Gasteiger partial charge is 0.307 e. The van der Waals surface area contributed by atoms with E-state index in [-0.39, 0.29) is 5.82 Å². The first kappa shape index (κ1) is 12.6. The molecule has 2 N–H and O–H groups in total. The Kier molecular flexibility index (Phi) is 4.92. The van der Waals surface area contributed by atoms with E-state index in [9.17, 15) is 9.18 Å². The molecule has 0 radical (unpaired) electrons. The molecule has 0 aliphatic heterocycles. The summed E-state index contributed by atoms with van der Waals surface area (Å²) in [6, 6.07) is 6.42. The highest BCUT2D eigenvalue weighted by Gasteiger charge is 2.09. The molecule has 0 fully saturated rings. The predicted molar refractivity (Wildman–Crippen MR) is 59.8 cm³/mol. The van der Waals surface area contributed by atoms with Gasteiger partial charge in [0.2, 0.25) is 0 Å². The Morgan fingerprint density at radius 2 is 2.31 bits per heavy atom. The van der Waals surface area contributed by atoms with E-state index in [1.807, 2.05) is 6.07 Å². The molecule has 1 rings (SSSR count). The van der Waals surface area contributed by atoms with Gasteiger partial charge in [-0.3, -0.25) is 4.79 Å².